The summed E-state index contributed by atoms with van der Waals surface area (Å²) in [5, 5.41) is 4.15. The SMILES string of the molecule is CC(CS(C)(=O)=O)NC1CC(c2cccc(Cl)c2)C1. The predicted molar refractivity (Wildman–Crippen MR) is 79.5 cm³/mol. The summed E-state index contributed by atoms with van der Waals surface area (Å²) in [6, 6.07) is 8.41. The van der Waals surface area contributed by atoms with E-state index in [-0.39, 0.29) is 11.8 Å². The number of benzene rings is 1. The van der Waals surface area contributed by atoms with Gasteiger partial charge in [0, 0.05) is 23.4 Å². The monoisotopic (exact) mass is 301 g/mol. The Morgan fingerprint density at radius 1 is 1.42 bits per heavy atom. The fourth-order valence-corrected chi connectivity index (χ4v) is 3.89. The zero-order chi connectivity index (χ0) is 14.0. The molecule has 5 heteroatoms. The highest BCUT2D eigenvalue weighted by Crippen LogP contribution is 2.37. The molecule has 1 atom stereocenters. The molecule has 0 aromatic heterocycles. The van der Waals surface area contributed by atoms with E-state index in [0.717, 1.165) is 17.9 Å². The van der Waals surface area contributed by atoms with Crippen LogP contribution in [0.15, 0.2) is 24.3 Å². The number of nitrogens with one attached hydrogen (secondary N) is 1. The molecule has 19 heavy (non-hydrogen) atoms. The van der Waals surface area contributed by atoms with E-state index in [1.165, 1.54) is 11.8 Å². The molecule has 0 bridgehead atoms. The minimum Gasteiger partial charge on any atom is -0.310 e. The molecule has 1 aliphatic carbocycles. The van der Waals surface area contributed by atoms with Gasteiger partial charge in [0.25, 0.3) is 0 Å². The molecule has 1 aliphatic rings. The zero-order valence-electron chi connectivity index (χ0n) is 11.3. The van der Waals surface area contributed by atoms with Gasteiger partial charge in [-0.3, -0.25) is 0 Å². The molecular weight excluding hydrogens is 282 g/mol. The molecule has 1 saturated carbocycles. The van der Waals surface area contributed by atoms with Crippen LogP contribution in [-0.4, -0.2) is 32.5 Å². The Labute approximate surface area is 120 Å². The van der Waals surface area contributed by atoms with E-state index in [4.69, 9.17) is 11.6 Å². The molecule has 1 unspecified atom stereocenters. The second-order valence-corrected chi connectivity index (χ2v) is 8.20. The Kier molecular flexibility index (Phi) is 4.54. The van der Waals surface area contributed by atoms with Gasteiger partial charge in [-0.05, 0) is 43.4 Å². The molecular formula is C14H20ClNO2S. The quantitative estimate of drug-likeness (QED) is 0.909. The van der Waals surface area contributed by atoms with E-state index < -0.39 is 9.84 Å². The van der Waals surface area contributed by atoms with Crippen molar-refractivity contribution in [1.29, 1.82) is 0 Å². The van der Waals surface area contributed by atoms with E-state index in [9.17, 15) is 8.42 Å². The van der Waals surface area contributed by atoms with Crippen LogP contribution < -0.4 is 5.32 Å². The molecule has 0 heterocycles. The highest BCUT2D eigenvalue weighted by Gasteiger charge is 2.31. The van der Waals surface area contributed by atoms with Crippen LogP contribution in [0.5, 0.6) is 0 Å². The van der Waals surface area contributed by atoms with E-state index in [1.807, 2.05) is 25.1 Å². The minimum absolute atomic E-state index is 0.0142. The third kappa shape index (κ3) is 4.48. The number of sulfone groups is 1. The number of hydrogen-bond donors (Lipinski definition) is 1. The molecule has 1 aromatic rings. The van der Waals surface area contributed by atoms with Gasteiger partial charge in [0.05, 0.1) is 5.75 Å². The molecule has 0 saturated heterocycles. The van der Waals surface area contributed by atoms with Gasteiger partial charge in [0.1, 0.15) is 9.84 Å². The first-order valence-electron chi connectivity index (χ1n) is 6.53. The van der Waals surface area contributed by atoms with Crippen molar-refractivity contribution in [3.05, 3.63) is 34.9 Å². The first-order valence-corrected chi connectivity index (χ1v) is 8.96. The zero-order valence-corrected chi connectivity index (χ0v) is 12.8. The third-order valence-electron chi connectivity index (χ3n) is 3.53. The topological polar surface area (TPSA) is 46.2 Å². The maximum Gasteiger partial charge on any atom is 0.148 e. The lowest BCUT2D eigenvalue weighted by Crippen LogP contribution is -2.46. The van der Waals surface area contributed by atoms with Crippen LogP contribution in [0, 0.1) is 0 Å². The van der Waals surface area contributed by atoms with Gasteiger partial charge in [0.2, 0.25) is 0 Å². The van der Waals surface area contributed by atoms with Crippen LogP contribution in [0.4, 0.5) is 0 Å². The van der Waals surface area contributed by atoms with E-state index in [1.54, 1.807) is 0 Å². The van der Waals surface area contributed by atoms with E-state index in [0.29, 0.717) is 12.0 Å². The Morgan fingerprint density at radius 3 is 2.68 bits per heavy atom. The number of halogens is 1. The van der Waals surface area contributed by atoms with Gasteiger partial charge in [-0.2, -0.15) is 0 Å². The highest BCUT2D eigenvalue weighted by atomic mass is 35.5. The predicted octanol–water partition coefficient (Wildman–Crippen LogP) is 2.61. The van der Waals surface area contributed by atoms with Crippen LogP contribution in [0.3, 0.4) is 0 Å². The van der Waals surface area contributed by atoms with Gasteiger partial charge in [-0.25, -0.2) is 8.42 Å². The summed E-state index contributed by atoms with van der Waals surface area (Å²) in [7, 11) is -2.90. The average Bonchev–Trinajstić information content (AvgIpc) is 2.20. The summed E-state index contributed by atoms with van der Waals surface area (Å²) in [4.78, 5) is 0. The van der Waals surface area contributed by atoms with Crippen molar-refractivity contribution in [2.45, 2.75) is 37.8 Å². The van der Waals surface area contributed by atoms with Crippen molar-refractivity contribution in [2.24, 2.45) is 0 Å². The Bertz CT molecular complexity index is 538. The fraction of sp³-hybridized carbons (Fsp3) is 0.571. The van der Waals surface area contributed by atoms with Gasteiger partial charge in [-0.1, -0.05) is 23.7 Å². The van der Waals surface area contributed by atoms with Gasteiger partial charge >= 0.3 is 0 Å². The molecule has 1 N–H and O–H groups in total. The van der Waals surface area contributed by atoms with Crippen molar-refractivity contribution >= 4 is 21.4 Å². The lowest BCUT2D eigenvalue weighted by molar-refractivity contribution is 0.275. The Balaban J connectivity index is 1.80. The van der Waals surface area contributed by atoms with Crippen molar-refractivity contribution in [2.75, 3.05) is 12.0 Å². The maximum absolute atomic E-state index is 11.2. The van der Waals surface area contributed by atoms with Crippen LogP contribution in [0.2, 0.25) is 5.02 Å². The van der Waals surface area contributed by atoms with Gasteiger partial charge in [-0.15, -0.1) is 0 Å². The van der Waals surface area contributed by atoms with Crippen LogP contribution in [0.25, 0.3) is 0 Å². The van der Waals surface area contributed by atoms with E-state index in [2.05, 4.69) is 11.4 Å². The van der Waals surface area contributed by atoms with Crippen molar-refractivity contribution in [3.8, 4) is 0 Å². The summed E-state index contributed by atoms with van der Waals surface area (Å²) in [6.07, 6.45) is 3.38. The van der Waals surface area contributed by atoms with Crippen molar-refractivity contribution in [1.82, 2.24) is 5.32 Å². The molecule has 0 radical (unpaired) electrons. The smallest absolute Gasteiger partial charge is 0.148 e. The maximum atomic E-state index is 11.2. The van der Waals surface area contributed by atoms with Crippen molar-refractivity contribution < 1.29 is 8.42 Å². The molecule has 1 fully saturated rings. The summed E-state index contributed by atoms with van der Waals surface area (Å²) >= 11 is 5.98. The fourth-order valence-electron chi connectivity index (χ4n) is 2.69. The largest absolute Gasteiger partial charge is 0.310 e. The molecule has 2 rings (SSSR count). The number of rotatable bonds is 5. The highest BCUT2D eigenvalue weighted by molar-refractivity contribution is 7.90. The molecule has 0 amide bonds. The molecule has 0 aliphatic heterocycles. The standard InChI is InChI=1S/C14H20ClNO2S/c1-10(9-19(2,17)18)16-14-7-12(8-14)11-4-3-5-13(15)6-11/h3-6,10,12,14,16H,7-9H2,1-2H3. The summed E-state index contributed by atoms with van der Waals surface area (Å²) in [5.41, 5.74) is 1.28. The summed E-state index contributed by atoms with van der Waals surface area (Å²) in [5.74, 6) is 0.743. The van der Waals surface area contributed by atoms with Gasteiger partial charge < -0.3 is 5.32 Å². The first kappa shape index (κ1) is 14.8. The third-order valence-corrected chi connectivity index (χ3v) is 4.87. The Hall–Kier alpha value is -0.580. The molecule has 0 spiro atoms. The molecule has 106 valence electrons. The number of hydrogen-bond acceptors (Lipinski definition) is 3. The second kappa shape index (κ2) is 5.81. The van der Waals surface area contributed by atoms with Gasteiger partial charge in [0.15, 0.2) is 0 Å². The normalized spacial score (nSPS) is 24.8. The summed E-state index contributed by atoms with van der Waals surface area (Å²) in [6.45, 7) is 1.92. The molecule has 1 aromatic carbocycles. The van der Waals surface area contributed by atoms with Crippen LogP contribution in [0.1, 0.15) is 31.2 Å². The summed E-state index contributed by atoms with van der Waals surface area (Å²) < 4.78 is 22.4. The average molecular weight is 302 g/mol. The van der Waals surface area contributed by atoms with Crippen LogP contribution >= 0.6 is 11.6 Å². The minimum atomic E-state index is -2.90. The van der Waals surface area contributed by atoms with Crippen LogP contribution in [-0.2, 0) is 9.84 Å². The Morgan fingerprint density at radius 2 is 2.11 bits per heavy atom. The van der Waals surface area contributed by atoms with E-state index >= 15 is 0 Å². The van der Waals surface area contributed by atoms with Crippen molar-refractivity contribution in [3.63, 3.8) is 0 Å². The lowest BCUT2D eigenvalue weighted by atomic mass is 9.75. The lowest BCUT2D eigenvalue weighted by Gasteiger charge is -2.38. The molecule has 3 nitrogen and oxygen atoms in total. The first-order chi connectivity index (χ1) is 8.83. The second-order valence-electron chi connectivity index (χ2n) is 5.58.